The van der Waals surface area contributed by atoms with Crippen molar-refractivity contribution in [1.82, 2.24) is 15.3 Å². The van der Waals surface area contributed by atoms with E-state index in [0.29, 0.717) is 23.5 Å². The standard InChI is InChI=1S/C16H24N4O/c1-10-13(9-17-16(18-10)20(2)3)15(21)19-14-8-7-11-5-4-6-12(11)14/h9,11-12,14H,4-8H2,1-3H3,(H,19,21)/t11-,12-,14-/m0/s1. The van der Waals surface area contributed by atoms with Gasteiger partial charge in [-0.25, -0.2) is 9.97 Å². The van der Waals surface area contributed by atoms with Crippen molar-refractivity contribution in [3.63, 3.8) is 0 Å². The fourth-order valence-corrected chi connectivity index (χ4v) is 3.88. The van der Waals surface area contributed by atoms with Crippen molar-refractivity contribution in [3.8, 4) is 0 Å². The van der Waals surface area contributed by atoms with E-state index in [4.69, 9.17) is 0 Å². The van der Waals surface area contributed by atoms with E-state index >= 15 is 0 Å². The van der Waals surface area contributed by atoms with Crippen LogP contribution in [-0.4, -0.2) is 36.0 Å². The Morgan fingerprint density at radius 3 is 2.81 bits per heavy atom. The van der Waals surface area contributed by atoms with Crippen LogP contribution in [0, 0.1) is 18.8 Å². The lowest BCUT2D eigenvalue weighted by atomic mass is 9.97. The highest BCUT2D eigenvalue weighted by Crippen LogP contribution is 2.44. The lowest BCUT2D eigenvalue weighted by Crippen LogP contribution is -2.38. The van der Waals surface area contributed by atoms with Gasteiger partial charge in [0.1, 0.15) is 0 Å². The highest BCUT2D eigenvalue weighted by molar-refractivity contribution is 5.95. The molecule has 1 amide bonds. The van der Waals surface area contributed by atoms with E-state index in [9.17, 15) is 4.79 Å². The SMILES string of the molecule is Cc1nc(N(C)C)ncc1C(=O)N[C@H]1CC[C@@H]2CCC[C@@H]21. The van der Waals surface area contributed by atoms with Gasteiger partial charge >= 0.3 is 0 Å². The van der Waals surface area contributed by atoms with Crippen LogP contribution in [0.15, 0.2) is 6.20 Å². The molecule has 0 saturated heterocycles. The quantitative estimate of drug-likeness (QED) is 0.926. The summed E-state index contributed by atoms with van der Waals surface area (Å²) in [6.45, 7) is 1.87. The summed E-state index contributed by atoms with van der Waals surface area (Å²) in [6, 6.07) is 0.345. The maximum Gasteiger partial charge on any atom is 0.254 e. The molecule has 0 spiro atoms. The molecule has 2 fully saturated rings. The number of hydrogen-bond acceptors (Lipinski definition) is 4. The smallest absolute Gasteiger partial charge is 0.254 e. The summed E-state index contributed by atoms with van der Waals surface area (Å²) in [4.78, 5) is 23.0. The number of rotatable bonds is 3. The molecule has 3 rings (SSSR count). The molecule has 1 N–H and O–H groups in total. The van der Waals surface area contributed by atoms with Gasteiger partial charge in [0, 0.05) is 26.3 Å². The third-order valence-corrected chi connectivity index (χ3v) is 5.01. The van der Waals surface area contributed by atoms with Gasteiger partial charge in [0.05, 0.1) is 11.3 Å². The van der Waals surface area contributed by atoms with Crippen LogP contribution in [0.25, 0.3) is 0 Å². The number of amides is 1. The molecule has 114 valence electrons. The summed E-state index contributed by atoms with van der Waals surface area (Å²) >= 11 is 0. The van der Waals surface area contributed by atoms with Crippen LogP contribution in [0.5, 0.6) is 0 Å². The average molecular weight is 288 g/mol. The van der Waals surface area contributed by atoms with Crippen molar-refractivity contribution in [2.24, 2.45) is 11.8 Å². The summed E-state index contributed by atoms with van der Waals surface area (Å²) in [7, 11) is 3.79. The minimum atomic E-state index is -0.0182. The highest BCUT2D eigenvalue weighted by Gasteiger charge is 2.39. The zero-order chi connectivity index (χ0) is 15.0. The third-order valence-electron chi connectivity index (χ3n) is 5.01. The van der Waals surface area contributed by atoms with Crippen LogP contribution in [0.4, 0.5) is 5.95 Å². The average Bonchev–Trinajstić information content (AvgIpc) is 3.03. The molecular formula is C16H24N4O. The molecular weight excluding hydrogens is 264 g/mol. The first-order chi connectivity index (χ1) is 10.1. The van der Waals surface area contributed by atoms with E-state index in [1.165, 1.54) is 25.7 Å². The molecule has 2 aliphatic carbocycles. The monoisotopic (exact) mass is 288 g/mol. The number of anilines is 1. The van der Waals surface area contributed by atoms with Crippen molar-refractivity contribution in [2.45, 2.75) is 45.1 Å². The number of aryl methyl sites for hydroxylation is 1. The second kappa shape index (κ2) is 5.62. The predicted molar refractivity (Wildman–Crippen MR) is 82.4 cm³/mol. The minimum Gasteiger partial charge on any atom is -0.349 e. The molecule has 21 heavy (non-hydrogen) atoms. The van der Waals surface area contributed by atoms with Gasteiger partial charge in [-0.05, 0) is 38.0 Å². The Morgan fingerprint density at radius 2 is 2.10 bits per heavy atom. The molecule has 2 aliphatic rings. The van der Waals surface area contributed by atoms with Crippen LogP contribution >= 0.6 is 0 Å². The Hall–Kier alpha value is -1.65. The number of nitrogens with one attached hydrogen (secondary N) is 1. The zero-order valence-electron chi connectivity index (χ0n) is 13.1. The Morgan fingerprint density at radius 1 is 1.29 bits per heavy atom. The largest absolute Gasteiger partial charge is 0.349 e. The van der Waals surface area contributed by atoms with Gasteiger partial charge in [-0.1, -0.05) is 12.8 Å². The number of carbonyl (C=O) groups excluding carboxylic acids is 1. The molecule has 3 atom stereocenters. The van der Waals surface area contributed by atoms with Crippen LogP contribution < -0.4 is 10.2 Å². The van der Waals surface area contributed by atoms with Crippen LogP contribution in [0.1, 0.15) is 48.2 Å². The topological polar surface area (TPSA) is 58.1 Å². The molecule has 0 radical (unpaired) electrons. The molecule has 2 saturated carbocycles. The van der Waals surface area contributed by atoms with E-state index in [0.717, 1.165) is 18.0 Å². The summed E-state index contributed by atoms with van der Waals surface area (Å²) in [5.41, 5.74) is 1.34. The van der Waals surface area contributed by atoms with Crippen molar-refractivity contribution in [2.75, 3.05) is 19.0 Å². The maximum absolute atomic E-state index is 12.5. The first-order valence-electron chi connectivity index (χ1n) is 7.88. The Bertz CT molecular complexity index is 543. The van der Waals surface area contributed by atoms with Gasteiger partial charge in [0.15, 0.2) is 0 Å². The van der Waals surface area contributed by atoms with Crippen LogP contribution in [0.3, 0.4) is 0 Å². The summed E-state index contributed by atoms with van der Waals surface area (Å²) in [6.07, 6.45) is 7.97. The van der Waals surface area contributed by atoms with E-state index in [2.05, 4.69) is 15.3 Å². The van der Waals surface area contributed by atoms with E-state index in [1.807, 2.05) is 25.9 Å². The third kappa shape index (κ3) is 2.74. The highest BCUT2D eigenvalue weighted by atomic mass is 16.1. The Labute approximate surface area is 126 Å². The van der Waals surface area contributed by atoms with Gasteiger partial charge < -0.3 is 10.2 Å². The molecule has 0 aromatic carbocycles. The minimum absolute atomic E-state index is 0.0182. The van der Waals surface area contributed by atoms with Gasteiger partial charge in [-0.15, -0.1) is 0 Å². The zero-order valence-corrected chi connectivity index (χ0v) is 13.1. The lowest BCUT2D eigenvalue weighted by molar-refractivity contribution is 0.0925. The normalized spacial score (nSPS) is 27.5. The molecule has 1 heterocycles. The molecule has 0 unspecified atom stereocenters. The molecule has 0 bridgehead atoms. The van der Waals surface area contributed by atoms with E-state index in [1.54, 1.807) is 6.20 Å². The summed E-state index contributed by atoms with van der Waals surface area (Å²) in [5, 5.41) is 3.22. The second-order valence-electron chi connectivity index (χ2n) is 6.58. The van der Waals surface area contributed by atoms with Gasteiger partial charge in [0.25, 0.3) is 5.91 Å². The second-order valence-corrected chi connectivity index (χ2v) is 6.58. The van der Waals surface area contributed by atoms with Crippen molar-refractivity contribution >= 4 is 11.9 Å². The van der Waals surface area contributed by atoms with Crippen molar-refractivity contribution in [1.29, 1.82) is 0 Å². The van der Waals surface area contributed by atoms with E-state index < -0.39 is 0 Å². The molecule has 1 aromatic rings. The first-order valence-corrected chi connectivity index (χ1v) is 7.88. The fourth-order valence-electron chi connectivity index (χ4n) is 3.88. The molecule has 1 aromatic heterocycles. The molecule has 5 heteroatoms. The lowest BCUT2D eigenvalue weighted by Gasteiger charge is -2.20. The Kier molecular flexibility index (Phi) is 3.83. The predicted octanol–water partition coefficient (Wildman–Crippen LogP) is 2.16. The van der Waals surface area contributed by atoms with Gasteiger partial charge in [0.2, 0.25) is 5.95 Å². The van der Waals surface area contributed by atoms with Gasteiger partial charge in [-0.3, -0.25) is 4.79 Å². The number of nitrogens with zero attached hydrogens (tertiary/aromatic N) is 3. The number of aromatic nitrogens is 2. The maximum atomic E-state index is 12.5. The van der Waals surface area contributed by atoms with Crippen molar-refractivity contribution < 1.29 is 4.79 Å². The first kappa shape index (κ1) is 14.3. The van der Waals surface area contributed by atoms with Gasteiger partial charge in [-0.2, -0.15) is 0 Å². The molecule has 5 nitrogen and oxygen atoms in total. The van der Waals surface area contributed by atoms with E-state index in [-0.39, 0.29) is 5.91 Å². The fraction of sp³-hybridized carbons (Fsp3) is 0.688. The number of carbonyl (C=O) groups is 1. The number of hydrogen-bond donors (Lipinski definition) is 1. The van der Waals surface area contributed by atoms with Crippen LogP contribution in [-0.2, 0) is 0 Å². The molecule has 0 aliphatic heterocycles. The summed E-state index contributed by atoms with van der Waals surface area (Å²) < 4.78 is 0. The Balaban J connectivity index is 1.71. The summed E-state index contributed by atoms with van der Waals surface area (Å²) in [5.74, 6) is 2.15. The van der Waals surface area contributed by atoms with Crippen molar-refractivity contribution in [3.05, 3.63) is 17.5 Å². The van der Waals surface area contributed by atoms with Crippen LogP contribution in [0.2, 0.25) is 0 Å². The number of fused-ring (bicyclic) bond motifs is 1.